The van der Waals surface area contributed by atoms with Gasteiger partial charge in [-0.05, 0) is 43.7 Å². The number of piperidine rings is 1. The monoisotopic (exact) mass is 272 g/mol. The molecule has 1 aliphatic heterocycles. The Labute approximate surface area is 123 Å². The van der Waals surface area contributed by atoms with E-state index >= 15 is 0 Å². The highest BCUT2D eigenvalue weighted by atomic mass is 15.2. The van der Waals surface area contributed by atoms with Crippen LogP contribution in [0.5, 0.6) is 0 Å². The van der Waals surface area contributed by atoms with E-state index in [0.717, 1.165) is 11.8 Å². The molecule has 1 aliphatic carbocycles. The van der Waals surface area contributed by atoms with Crippen molar-refractivity contribution in [3.63, 3.8) is 0 Å². The lowest BCUT2D eigenvalue weighted by Gasteiger charge is -2.45. The second-order valence-electron chi connectivity index (χ2n) is 6.77. The smallest absolute Gasteiger partial charge is 0.0450 e. The maximum Gasteiger partial charge on any atom is 0.0450 e. The summed E-state index contributed by atoms with van der Waals surface area (Å²) >= 11 is 0. The van der Waals surface area contributed by atoms with E-state index in [1.807, 2.05) is 0 Å². The number of rotatable bonds is 3. The highest BCUT2D eigenvalue weighted by Gasteiger charge is 2.34. The van der Waals surface area contributed by atoms with Crippen LogP contribution >= 0.6 is 0 Å². The van der Waals surface area contributed by atoms with Crippen molar-refractivity contribution in [3.8, 4) is 0 Å². The molecule has 2 N–H and O–H groups in total. The Morgan fingerprint density at radius 2 is 1.75 bits per heavy atom. The van der Waals surface area contributed by atoms with Crippen LogP contribution in [0.3, 0.4) is 0 Å². The number of likely N-dealkylation sites (tertiary alicyclic amines) is 1. The minimum Gasteiger partial charge on any atom is -0.323 e. The largest absolute Gasteiger partial charge is 0.323 e. The van der Waals surface area contributed by atoms with E-state index in [2.05, 4.69) is 42.2 Å². The fraction of sp³-hybridized carbons (Fsp3) is 0.667. The first kappa shape index (κ1) is 14.1. The minimum atomic E-state index is 0.136. The molecule has 0 bridgehead atoms. The molecule has 2 fully saturated rings. The van der Waals surface area contributed by atoms with Crippen molar-refractivity contribution < 1.29 is 0 Å². The van der Waals surface area contributed by atoms with Crippen LogP contribution in [0.1, 0.15) is 50.6 Å². The summed E-state index contributed by atoms with van der Waals surface area (Å²) in [6.45, 7) is 4.82. The molecule has 1 heterocycles. The van der Waals surface area contributed by atoms with Crippen LogP contribution in [-0.2, 0) is 0 Å². The third-order valence-electron chi connectivity index (χ3n) is 5.60. The zero-order valence-corrected chi connectivity index (χ0v) is 12.7. The summed E-state index contributed by atoms with van der Waals surface area (Å²) in [5, 5.41) is 0. The second kappa shape index (κ2) is 6.28. The first-order chi connectivity index (χ1) is 9.75. The summed E-state index contributed by atoms with van der Waals surface area (Å²) in [5.74, 6) is 1.93. The van der Waals surface area contributed by atoms with Crippen LogP contribution < -0.4 is 5.73 Å². The van der Waals surface area contributed by atoms with Crippen LogP contribution in [0.15, 0.2) is 30.3 Å². The second-order valence-corrected chi connectivity index (χ2v) is 6.77. The fourth-order valence-corrected chi connectivity index (χ4v) is 4.18. The summed E-state index contributed by atoms with van der Waals surface area (Å²) in [4.78, 5) is 2.64. The highest BCUT2D eigenvalue weighted by molar-refractivity contribution is 5.20. The van der Waals surface area contributed by atoms with E-state index in [0.29, 0.717) is 6.04 Å². The Morgan fingerprint density at radius 1 is 1.05 bits per heavy atom. The quantitative estimate of drug-likeness (QED) is 0.911. The van der Waals surface area contributed by atoms with Gasteiger partial charge in [-0.3, -0.25) is 4.90 Å². The number of hydrogen-bond donors (Lipinski definition) is 1. The van der Waals surface area contributed by atoms with E-state index < -0.39 is 0 Å². The molecular weight excluding hydrogens is 244 g/mol. The van der Waals surface area contributed by atoms with Gasteiger partial charge in [-0.25, -0.2) is 0 Å². The lowest BCUT2D eigenvalue weighted by atomic mass is 9.74. The van der Waals surface area contributed by atoms with Crippen molar-refractivity contribution in [3.05, 3.63) is 35.9 Å². The number of hydrogen-bond acceptors (Lipinski definition) is 2. The molecule has 4 unspecified atom stereocenters. The minimum absolute atomic E-state index is 0.136. The van der Waals surface area contributed by atoms with Gasteiger partial charge >= 0.3 is 0 Å². The summed E-state index contributed by atoms with van der Waals surface area (Å²) in [5.41, 5.74) is 7.76. The first-order valence-electron chi connectivity index (χ1n) is 8.30. The Balaban J connectivity index is 1.64. The lowest BCUT2D eigenvalue weighted by molar-refractivity contribution is 0.0538. The third kappa shape index (κ3) is 2.91. The maximum atomic E-state index is 6.50. The molecule has 20 heavy (non-hydrogen) atoms. The molecular formula is C18H28N2. The predicted octanol–water partition coefficient (Wildman–Crippen LogP) is 3.59. The van der Waals surface area contributed by atoms with Gasteiger partial charge in [0.25, 0.3) is 0 Å². The molecule has 1 aromatic carbocycles. The van der Waals surface area contributed by atoms with Gasteiger partial charge < -0.3 is 5.73 Å². The summed E-state index contributed by atoms with van der Waals surface area (Å²) in [6, 6.07) is 11.2. The summed E-state index contributed by atoms with van der Waals surface area (Å²) in [7, 11) is 0. The lowest BCUT2D eigenvalue weighted by Crippen LogP contribution is -2.49. The van der Waals surface area contributed by atoms with Crippen LogP contribution in [0.25, 0.3) is 0 Å². The SMILES string of the molecule is CC(C(N)c1ccccc1)N1CCC2CCCCC2C1. The van der Waals surface area contributed by atoms with Gasteiger partial charge in [0.2, 0.25) is 0 Å². The van der Waals surface area contributed by atoms with E-state index in [9.17, 15) is 0 Å². The molecule has 0 radical (unpaired) electrons. The van der Waals surface area contributed by atoms with E-state index in [1.54, 1.807) is 0 Å². The molecule has 1 saturated heterocycles. The van der Waals surface area contributed by atoms with Crippen molar-refractivity contribution in [1.82, 2.24) is 4.90 Å². The van der Waals surface area contributed by atoms with E-state index in [1.165, 1.54) is 50.8 Å². The van der Waals surface area contributed by atoms with Gasteiger partial charge in [-0.15, -0.1) is 0 Å². The number of nitrogens with zero attached hydrogens (tertiary/aromatic N) is 1. The van der Waals surface area contributed by atoms with E-state index in [-0.39, 0.29) is 6.04 Å². The molecule has 0 spiro atoms. The van der Waals surface area contributed by atoms with Crippen molar-refractivity contribution in [2.45, 2.75) is 51.1 Å². The van der Waals surface area contributed by atoms with Gasteiger partial charge in [0, 0.05) is 18.6 Å². The normalized spacial score (nSPS) is 30.5. The third-order valence-corrected chi connectivity index (χ3v) is 5.60. The molecule has 2 heteroatoms. The molecule has 0 aromatic heterocycles. The number of benzene rings is 1. The highest BCUT2D eigenvalue weighted by Crippen LogP contribution is 2.37. The molecule has 2 aliphatic rings. The first-order valence-corrected chi connectivity index (χ1v) is 8.30. The standard InChI is InChI=1S/C18H28N2/c1-14(18(19)16-8-3-2-4-9-16)20-12-11-15-7-5-6-10-17(15)13-20/h2-4,8-9,14-15,17-18H,5-7,10-13,19H2,1H3. The Hall–Kier alpha value is -0.860. The van der Waals surface area contributed by atoms with Crippen LogP contribution in [0, 0.1) is 11.8 Å². The summed E-state index contributed by atoms with van der Waals surface area (Å²) < 4.78 is 0. The van der Waals surface area contributed by atoms with Crippen molar-refractivity contribution >= 4 is 0 Å². The van der Waals surface area contributed by atoms with Gasteiger partial charge in [0.1, 0.15) is 0 Å². The number of fused-ring (bicyclic) bond motifs is 1. The Bertz CT molecular complexity index is 417. The van der Waals surface area contributed by atoms with Crippen LogP contribution in [-0.4, -0.2) is 24.0 Å². The van der Waals surface area contributed by atoms with Gasteiger partial charge in [-0.1, -0.05) is 49.6 Å². The summed E-state index contributed by atoms with van der Waals surface area (Å²) in [6.07, 6.45) is 7.19. The van der Waals surface area contributed by atoms with Gasteiger partial charge in [0.15, 0.2) is 0 Å². The topological polar surface area (TPSA) is 29.3 Å². The zero-order chi connectivity index (χ0) is 13.9. The average molecular weight is 272 g/mol. The molecule has 3 rings (SSSR count). The molecule has 1 saturated carbocycles. The van der Waals surface area contributed by atoms with Crippen LogP contribution in [0.2, 0.25) is 0 Å². The number of nitrogens with two attached hydrogens (primary N) is 1. The van der Waals surface area contributed by atoms with Crippen molar-refractivity contribution in [2.75, 3.05) is 13.1 Å². The Kier molecular flexibility index (Phi) is 4.42. The predicted molar refractivity (Wildman–Crippen MR) is 84.5 cm³/mol. The molecule has 1 aromatic rings. The van der Waals surface area contributed by atoms with E-state index in [4.69, 9.17) is 5.73 Å². The average Bonchev–Trinajstić information content (AvgIpc) is 2.54. The zero-order valence-electron chi connectivity index (χ0n) is 12.7. The Morgan fingerprint density at radius 3 is 2.50 bits per heavy atom. The van der Waals surface area contributed by atoms with Crippen LogP contribution in [0.4, 0.5) is 0 Å². The van der Waals surface area contributed by atoms with Gasteiger partial charge in [0.05, 0.1) is 0 Å². The van der Waals surface area contributed by atoms with Crippen molar-refractivity contribution in [2.24, 2.45) is 17.6 Å². The molecule has 110 valence electrons. The molecule has 4 atom stereocenters. The molecule has 2 nitrogen and oxygen atoms in total. The van der Waals surface area contributed by atoms with Crippen molar-refractivity contribution in [1.29, 1.82) is 0 Å². The molecule has 0 amide bonds. The maximum absolute atomic E-state index is 6.50. The fourth-order valence-electron chi connectivity index (χ4n) is 4.18. The van der Waals surface area contributed by atoms with Gasteiger partial charge in [-0.2, -0.15) is 0 Å².